The maximum atomic E-state index is 13.9. The summed E-state index contributed by atoms with van der Waals surface area (Å²) in [6.45, 7) is 3.94. The highest BCUT2D eigenvalue weighted by molar-refractivity contribution is 9.08. The van der Waals surface area contributed by atoms with Crippen LogP contribution in [0.25, 0.3) is 0 Å². The number of hydrogen-bond donors (Lipinski definition) is 0. The molecule has 0 radical (unpaired) electrons. The third-order valence-electron chi connectivity index (χ3n) is 4.33. The number of alkyl halides is 4. The van der Waals surface area contributed by atoms with Gasteiger partial charge < -0.3 is 4.74 Å². The maximum Gasteiger partial charge on any atom is 0.422 e. The Balaban J connectivity index is 2.67. The average molecular weight is 389 g/mol. The van der Waals surface area contributed by atoms with Crippen LogP contribution >= 0.6 is 15.9 Å². The van der Waals surface area contributed by atoms with E-state index in [-0.39, 0.29) is 5.92 Å². The normalized spacial score (nSPS) is 24.9. The van der Waals surface area contributed by atoms with Gasteiger partial charge in [-0.2, -0.15) is 13.2 Å². The summed E-state index contributed by atoms with van der Waals surface area (Å²) < 4.78 is 46.7. The summed E-state index contributed by atoms with van der Waals surface area (Å²) in [6.07, 6.45) is -0.114. The van der Waals surface area contributed by atoms with Gasteiger partial charge in [0.1, 0.15) is 0 Å². The van der Waals surface area contributed by atoms with Gasteiger partial charge in [-0.1, -0.05) is 66.2 Å². The smallest absolute Gasteiger partial charge is 0.364 e. The molecule has 0 amide bonds. The largest absolute Gasteiger partial charge is 0.422 e. The lowest BCUT2D eigenvalue weighted by atomic mass is 9.74. The van der Waals surface area contributed by atoms with Gasteiger partial charge in [0.2, 0.25) is 0 Å². The Kier molecular flexibility index (Phi) is 5.41. The number of methoxy groups -OCH3 is 1. The maximum absolute atomic E-state index is 13.9. The minimum Gasteiger partial charge on any atom is -0.364 e. The number of hydrogen-bond acceptors (Lipinski definition) is 1. The van der Waals surface area contributed by atoms with Crippen molar-refractivity contribution < 1.29 is 17.9 Å². The van der Waals surface area contributed by atoms with Crippen LogP contribution in [0.15, 0.2) is 48.1 Å². The van der Waals surface area contributed by atoms with E-state index in [4.69, 9.17) is 4.74 Å². The molecule has 0 saturated heterocycles. The molecular formula is C18H20BrF3O. The van der Waals surface area contributed by atoms with Crippen molar-refractivity contribution in [1.29, 1.82) is 0 Å². The molecule has 0 N–H and O–H groups in total. The minimum absolute atomic E-state index is 0.146. The number of benzene rings is 1. The number of halogens is 4. The molecule has 5 heteroatoms. The summed E-state index contributed by atoms with van der Waals surface area (Å²) in [5.41, 5.74) is 0.00380. The van der Waals surface area contributed by atoms with Crippen molar-refractivity contribution in [3.8, 4) is 0 Å². The zero-order valence-electron chi connectivity index (χ0n) is 13.3. The number of ether oxygens (including phenoxy) is 1. The van der Waals surface area contributed by atoms with Crippen molar-refractivity contribution in [2.24, 2.45) is 5.92 Å². The van der Waals surface area contributed by atoms with Gasteiger partial charge in [-0.25, -0.2) is 0 Å². The van der Waals surface area contributed by atoms with E-state index in [2.05, 4.69) is 15.9 Å². The highest BCUT2D eigenvalue weighted by Gasteiger charge is 2.59. The number of allylic oxidation sites excluding steroid dienone is 2. The van der Waals surface area contributed by atoms with Gasteiger partial charge in [0.15, 0.2) is 5.60 Å². The van der Waals surface area contributed by atoms with E-state index in [0.717, 1.165) is 24.3 Å². The Labute approximate surface area is 143 Å². The molecule has 0 aliphatic heterocycles. The van der Waals surface area contributed by atoms with Crippen LogP contribution in [0.2, 0.25) is 0 Å². The first-order valence-corrected chi connectivity index (χ1v) is 8.55. The van der Waals surface area contributed by atoms with Gasteiger partial charge in [0.25, 0.3) is 0 Å². The van der Waals surface area contributed by atoms with Crippen molar-refractivity contribution in [1.82, 2.24) is 0 Å². The Morgan fingerprint density at radius 2 is 1.91 bits per heavy atom. The summed E-state index contributed by atoms with van der Waals surface area (Å²) >= 11 is 3.37. The molecule has 0 bridgehead atoms. The topological polar surface area (TPSA) is 9.23 Å². The SMILES string of the molecule is COC1(C(F)(F)F)C=CC(C(C)C)=CC1c1ccccc1CBr. The fraction of sp³-hybridized carbons (Fsp3) is 0.444. The van der Waals surface area contributed by atoms with Crippen LogP contribution in [0.1, 0.15) is 30.9 Å². The summed E-state index contributed by atoms with van der Waals surface area (Å²) in [7, 11) is 1.12. The zero-order valence-corrected chi connectivity index (χ0v) is 14.9. The molecule has 1 aliphatic rings. The quantitative estimate of drug-likeness (QED) is 0.595. The predicted octanol–water partition coefficient (Wildman–Crippen LogP) is 5.76. The Hall–Kier alpha value is -1.07. The molecule has 1 aromatic carbocycles. The Morgan fingerprint density at radius 1 is 1.26 bits per heavy atom. The van der Waals surface area contributed by atoms with Crippen LogP contribution in [-0.4, -0.2) is 18.9 Å². The molecule has 0 fully saturated rings. The molecule has 0 spiro atoms. The molecule has 1 aromatic rings. The van der Waals surface area contributed by atoms with Crippen LogP contribution in [0.4, 0.5) is 13.2 Å². The molecule has 23 heavy (non-hydrogen) atoms. The molecule has 1 nitrogen and oxygen atoms in total. The van der Waals surface area contributed by atoms with E-state index >= 15 is 0 Å². The molecule has 0 heterocycles. The summed E-state index contributed by atoms with van der Waals surface area (Å²) in [5, 5.41) is 0.492. The van der Waals surface area contributed by atoms with Crippen molar-refractivity contribution in [2.75, 3.05) is 7.11 Å². The third kappa shape index (κ3) is 3.26. The molecule has 2 atom stereocenters. The Morgan fingerprint density at radius 3 is 2.43 bits per heavy atom. The monoisotopic (exact) mass is 388 g/mol. The van der Waals surface area contributed by atoms with E-state index in [1.807, 2.05) is 26.0 Å². The van der Waals surface area contributed by atoms with Crippen molar-refractivity contribution in [2.45, 2.75) is 36.9 Å². The second-order valence-electron chi connectivity index (χ2n) is 5.96. The Bertz CT molecular complexity index is 619. The number of rotatable bonds is 4. The highest BCUT2D eigenvalue weighted by Crippen LogP contribution is 2.49. The van der Waals surface area contributed by atoms with Gasteiger partial charge in [-0.3, -0.25) is 0 Å². The van der Waals surface area contributed by atoms with Crippen LogP contribution in [0.5, 0.6) is 0 Å². The van der Waals surface area contributed by atoms with Gasteiger partial charge in [-0.15, -0.1) is 0 Å². The fourth-order valence-electron chi connectivity index (χ4n) is 2.94. The molecule has 126 valence electrons. The molecule has 0 aromatic heterocycles. The van der Waals surface area contributed by atoms with E-state index in [0.29, 0.717) is 10.9 Å². The lowest BCUT2D eigenvalue weighted by Crippen LogP contribution is -2.51. The van der Waals surface area contributed by atoms with Crippen LogP contribution in [0.3, 0.4) is 0 Å². The molecule has 2 unspecified atom stereocenters. The first-order chi connectivity index (χ1) is 10.8. The standard InChI is InChI=1S/C18H20BrF3O/c1-12(2)13-8-9-17(23-3,18(20,21)22)16(10-13)15-7-5-4-6-14(15)11-19/h4-10,12,16H,11H2,1-3H3. The first kappa shape index (κ1) is 18.3. The first-order valence-electron chi connectivity index (χ1n) is 7.43. The van der Waals surface area contributed by atoms with Crippen LogP contribution in [0, 0.1) is 5.92 Å². The second kappa shape index (κ2) is 6.81. The van der Waals surface area contributed by atoms with Gasteiger partial charge in [0.05, 0.1) is 0 Å². The van der Waals surface area contributed by atoms with Crippen molar-refractivity contribution >= 4 is 15.9 Å². The van der Waals surface area contributed by atoms with E-state index in [1.165, 1.54) is 6.08 Å². The summed E-state index contributed by atoms with van der Waals surface area (Å²) in [6, 6.07) is 7.17. The third-order valence-corrected chi connectivity index (χ3v) is 4.93. The molecule has 1 aliphatic carbocycles. The minimum atomic E-state index is -4.51. The predicted molar refractivity (Wildman–Crippen MR) is 89.7 cm³/mol. The van der Waals surface area contributed by atoms with Gasteiger partial charge in [0, 0.05) is 18.4 Å². The van der Waals surface area contributed by atoms with E-state index in [1.54, 1.807) is 18.2 Å². The lowest BCUT2D eigenvalue weighted by Gasteiger charge is -2.41. The molecule has 0 saturated carbocycles. The van der Waals surface area contributed by atoms with Crippen LogP contribution in [-0.2, 0) is 10.1 Å². The molecule has 2 rings (SSSR count). The van der Waals surface area contributed by atoms with Crippen molar-refractivity contribution in [3.05, 3.63) is 59.2 Å². The highest BCUT2D eigenvalue weighted by atomic mass is 79.9. The second-order valence-corrected chi connectivity index (χ2v) is 6.52. The van der Waals surface area contributed by atoms with Crippen LogP contribution < -0.4 is 0 Å². The van der Waals surface area contributed by atoms with Gasteiger partial charge >= 0.3 is 6.18 Å². The van der Waals surface area contributed by atoms with E-state index in [9.17, 15) is 13.2 Å². The summed E-state index contributed by atoms with van der Waals surface area (Å²) in [5.74, 6) is -0.767. The fourth-order valence-corrected chi connectivity index (χ4v) is 3.45. The lowest BCUT2D eigenvalue weighted by molar-refractivity contribution is -0.254. The van der Waals surface area contributed by atoms with Gasteiger partial charge in [-0.05, 0) is 28.7 Å². The molecular weight excluding hydrogens is 369 g/mol. The summed E-state index contributed by atoms with van der Waals surface area (Å²) in [4.78, 5) is 0. The zero-order chi connectivity index (χ0) is 17.3. The van der Waals surface area contributed by atoms with Crippen molar-refractivity contribution in [3.63, 3.8) is 0 Å². The average Bonchev–Trinajstić information content (AvgIpc) is 2.52. The van der Waals surface area contributed by atoms with E-state index < -0.39 is 17.7 Å².